The standard InChI is InChI=1S/C9H13NO4S/c1-7-4-5-8(9(10-7)13-2)6-14-15(3,11)12/h4-5H,6H2,1-3H3. The van der Waals surface area contributed by atoms with E-state index in [1.165, 1.54) is 7.11 Å². The third kappa shape index (κ3) is 3.85. The number of rotatable bonds is 4. The summed E-state index contributed by atoms with van der Waals surface area (Å²) in [6.07, 6.45) is 1.00. The van der Waals surface area contributed by atoms with E-state index in [-0.39, 0.29) is 6.61 Å². The molecule has 0 saturated carbocycles. The van der Waals surface area contributed by atoms with E-state index in [4.69, 9.17) is 4.74 Å². The van der Waals surface area contributed by atoms with Gasteiger partial charge in [0.1, 0.15) is 0 Å². The van der Waals surface area contributed by atoms with Gasteiger partial charge in [0.05, 0.1) is 20.0 Å². The van der Waals surface area contributed by atoms with Gasteiger partial charge in [0.2, 0.25) is 5.88 Å². The Balaban J connectivity index is 2.85. The van der Waals surface area contributed by atoms with Crippen LogP contribution in [0, 0.1) is 6.92 Å². The monoisotopic (exact) mass is 231 g/mol. The highest BCUT2D eigenvalue weighted by molar-refractivity contribution is 7.85. The number of hydrogen-bond acceptors (Lipinski definition) is 5. The molecule has 1 rings (SSSR count). The Morgan fingerprint density at radius 1 is 1.40 bits per heavy atom. The topological polar surface area (TPSA) is 65.5 Å². The molecule has 0 radical (unpaired) electrons. The Morgan fingerprint density at radius 3 is 2.60 bits per heavy atom. The summed E-state index contributed by atoms with van der Waals surface area (Å²) in [6.45, 7) is 1.76. The smallest absolute Gasteiger partial charge is 0.264 e. The number of pyridine rings is 1. The summed E-state index contributed by atoms with van der Waals surface area (Å²) in [4.78, 5) is 4.10. The second kappa shape index (κ2) is 4.59. The van der Waals surface area contributed by atoms with Crippen molar-refractivity contribution in [2.75, 3.05) is 13.4 Å². The summed E-state index contributed by atoms with van der Waals surface area (Å²) < 4.78 is 31.2. The van der Waals surface area contributed by atoms with Crippen LogP contribution in [0.2, 0.25) is 0 Å². The number of methoxy groups -OCH3 is 1. The summed E-state index contributed by atoms with van der Waals surface area (Å²) in [5, 5.41) is 0. The highest BCUT2D eigenvalue weighted by Gasteiger charge is 2.08. The van der Waals surface area contributed by atoms with Crippen LogP contribution < -0.4 is 4.74 Å². The summed E-state index contributed by atoms with van der Waals surface area (Å²) in [7, 11) is -1.96. The number of ether oxygens (including phenoxy) is 1. The predicted octanol–water partition coefficient (Wildman–Crippen LogP) is 0.875. The highest BCUT2D eigenvalue weighted by Crippen LogP contribution is 2.17. The van der Waals surface area contributed by atoms with E-state index in [0.29, 0.717) is 11.4 Å². The lowest BCUT2D eigenvalue weighted by atomic mass is 10.2. The van der Waals surface area contributed by atoms with Gasteiger partial charge in [-0.1, -0.05) is 0 Å². The van der Waals surface area contributed by atoms with E-state index in [1.54, 1.807) is 12.1 Å². The van der Waals surface area contributed by atoms with E-state index in [1.807, 2.05) is 6.92 Å². The molecule has 1 aromatic heterocycles. The minimum Gasteiger partial charge on any atom is -0.481 e. The number of aryl methyl sites for hydroxylation is 1. The average molecular weight is 231 g/mol. The molecule has 1 heterocycles. The van der Waals surface area contributed by atoms with Gasteiger partial charge in [-0.25, -0.2) is 4.98 Å². The van der Waals surface area contributed by atoms with E-state index in [9.17, 15) is 8.42 Å². The summed E-state index contributed by atoms with van der Waals surface area (Å²) >= 11 is 0. The SMILES string of the molecule is COc1nc(C)ccc1COS(C)(=O)=O. The van der Waals surface area contributed by atoms with Gasteiger partial charge in [-0.05, 0) is 19.1 Å². The Kier molecular flexibility index (Phi) is 3.65. The normalized spacial score (nSPS) is 11.4. The van der Waals surface area contributed by atoms with Gasteiger partial charge in [0.15, 0.2) is 0 Å². The fourth-order valence-corrected chi connectivity index (χ4v) is 1.36. The largest absolute Gasteiger partial charge is 0.481 e. The molecular weight excluding hydrogens is 218 g/mol. The van der Waals surface area contributed by atoms with Crippen molar-refractivity contribution in [1.82, 2.24) is 4.98 Å². The first kappa shape index (κ1) is 11.9. The molecule has 5 nitrogen and oxygen atoms in total. The van der Waals surface area contributed by atoms with E-state index >= 15 is 0 Å². The fourth-order valence-electron chi connectivity index (χ4n) is 1.02. The van der Waals surface area contributed by atoms with Crippen LogP contribution in [0.15, 0.2) is 12.1 Å². The molecule has 0 unspecified atom stereocenters. The van der Waals surface area contributed by atoms with Gasteiger partial charge >= 0.3 is 0 Å². The van der Waals surface area contributed by atoms with Gasteiger partial charge < -0.3 is 4.74 Å². The van der Waals surface area contributed by atoms with Crippen molar-refractivity contribution in [3.8, 4) is 5.88 Å². The summed E-state index contributed by atoms with van der Waals surface area (Å²) in [5.41, 5.74) is 1.41. The fraction of sp³-hybridized carbons (Fsp3) is 0.444. The molecular formula is C9H13NO4S. The maximum atomic E-state index is 10.8. The van der Waals surface area contributed by atoms with Gasteiger partial charge in [0.25, 0.3) is 10.1 Å². The van der Waals surface area contributed by atoms with Crippen molar-refractivity contribution in [1.29, 1.82) is 0 Å². The molecule has 0 saturated heterocycles. The molecule has 0 fully saturated rings. The average Bonchev–Trinajstić information content (AvgIpc) is 2.14. The molecule has 0 amide bonds. The van der Waals surface area contributed by atoms with E-state index < -0.39 is 10.1 Å². The number of hydrogen-bond donors (Lipinski definition) is 0. The third-order valence-corrected chi connectivity index (χ3v) is 2.25. The first-order valence-electron chi connectivity index (χ1n) is 4.27. The molecule has 0 aliphatic rings. The Morgan fingerprint density at radius 2 is 2.07 bits per heavy atom. The Hall–Kier alpha value is -1.14. The minimum atomic E-state index is -3.44. The Bertz CT molecular complexity index is 441. The van der Waals surface area contributed by atoms with Gasteiger partial charge in [-0.2, -0.15) is 8.42 Å². The molecule has 1 aromatic rings. The predicted molar refractivity (Wildman–Crippen MR) is 55.2 cm³/mol. The van der Waals surface area contributed by atoms with E-state index in [0.717, 1.165) is 11.9 Å². The molecule has 15 heavy (non-hydrogen) atoms. The molecule has 6 heteroatoms. The third-order valence-electron chi connectivity index (χ3n) is 1.70. The molecule has 0 aliphatic carbocycles. The van der Waals surface area contributed by atoms with Crippen LogP contribution in [0.3, 0.4) is 0 Å². The van der Waals surface area contributed by atoms with E-state index in [2.05, 4.69) is 9.17 Å². The lowest BCUT2D eigenvalue weighted by Crippen LogP contribution is -2.05. The summed E-state index contributed by atoms with van der Waals surface area (Å²) in [6, 6.07) is 3.50. The number of aromatic nitrogens is 1. The first-order chi connectivity index (χ1) is 6.92. The zero-order valence-corrected chi connectivity index (χ0v) is 9.67. The molecule has 0 spiro atoms. The highest BCUT2D eigenvalue weighted by atomic mass is 32.2. The molecule has 0 N–H and O–H groups in total. The van der Waals surface area contributed by atoms with Crippen molar-refractivity contribution < 1.29 is 17.3 Å². The van der Waals surface area contributed by atoms with Crippen LogP contribution in [-0.2, 0) is 20.9 Å². The van der Waals surface area contributed by atoms with Crippen LogP contribution >= 0.6 is 0 Å². The molecule has 0 aromatic carbocycles. The van der Waals surface area contributed by atoms with Crippen molar-refractivity contribution in [2.24, 2.45) is 0 Å². The van der Waals surface area contributed by atoms with Gasteiger partial charge in [-0.15, -0.1) is 0 Å². The summed E-state index contributed by atoms with van der Waals surface area (Å²) in [5.74, 6) is 0.388. The van der Waals surface area contributed by atoms with Gasteiger partial charge in [0, 0.05) is 11.3 Å². The van der Waals surface area contributed by atoms with Crippen molar-refractivity contribution in [3.05, 3.63) is 23.4 Å². The maximum Gasteiger partial charge on any atom is 0.264 e. The van der Waals surface area contributed by atoms with Crippen LogP contribution in [0.25, 0.3) is 0 Å². The molecule has 0 atom stereocenters. The van der Waals surface area contributed by atoms with Crippen molar-refractivity contribution in [2.45, 2.75) is 13.5 Å². The number of nitrogens with zero attached hydrogens (tertiary/aromatic N) is 1. The zero-order valence-electron chi connectivity index (χ0n) is 8.85. The van der Waals surface area contributed by atoms with Gasteiger partial charge in [-0.3, -0.25) is 4.18 Å². The van der Waals surface area contributed by atoms with Crippen molar-refractivity contribution >= 4 is 10.1 Å². The lowest BCUT2D eigenvalue weighted by molar-refractivity contribution is 0.299. The van der Waals surface area contributed by atoms with Crippen LogP contribution in [0.4, 0.5) is 0 Å². The molecule has 84 valence electrons. The van der Waals surface area contributed by atoms with Crippen molar-refractivity contribution in [3.63, 3.8) is 0 Å². The first-order valence-corrected chi connectivity index (χ1v) is 6.09. The lowest BCUT2D eigenvalue weighted by Gasteiger charge is -2.07. The van der Waals surface area contributed by atoms with Crippen LogP contribution in [0.5, 0.6) is 5.88 Å². The minimum absolute atomic E-state index is 0.0602. The van der Waals surface area contributed by atoms with Crippen LogP contribution in [0.1, 0.15) is 11.3 Å². The van der Waals surface area contributed by atoms with Crippen LogP contribution in [-0.4, -0.2) is 26.8 Å². The second-order valence-corrected chi connectivity index (χ2v) is 4.73. The second-order valence-electron chi connectivity index (χ2n) is 3.09. The molecule has 0 aliphatic heterocycles. The quantitative estimate of drug-likeness (QED) is 0.719. The zero-order chi connectivity index (χ0) is 11.5. The maximum absolute atomic E-state index is 10.8. The molecule has 0 bridgehead atoms. The Labute approximate surface area is 89.2 Å².